The minimum absolute atomic E-state index is 0.436. The Morgan fingerprint density at radius 2 is 1.88 bits per heavy atom. The fraction of sp³-hybridized carbons (Fsp3) is 0. The van der Waals surface area contributed by atoms with Gasteiger partial charge in [0.25, 0.3) is 0 Å². The Morgan fingerprint density at radius 3 is 2.53 bits per heavy atom. The molecule has 0 unspecified atom stereocenters. The minimum Gasteiger partial charge on any atom is -0.235 e. The number of nitrogens with zero attached hydrogens (tertiary/aromatic N) is 2. The van der Waals surface area contributed by atoms with Crippen LogP contribution in [0.1, 0.15) is 5.56 Å². The molecule has 0 spiro atoms. The maximum atomic E-state index is 5.95. The van der Waals surface area contributed by atoms with E-state index in [2.05, 4.69) is 25.9 Å². The molecule has 0 aliphatic carbocycles. The van der Waals surface area contributed by atoms with E-state index in [9.17, 15) is 0 Å². The maximum Gasteiger partial charge on any atom is 0.170 e. The van der Waals surface area contributed by atoms with Crippen LogP contribution in [0.25, 0.3) is 0 Å². The van der Waals surface area contributed by atoms with Crippen molar-refractivity contribution in [1.29, 1.82) is 0 Å². The third-order valence-corrected chi connectivity index (χ3v) is 3.01. The van der Waals surface area contributed by atoms with Gasteiger partial charge < -0.3 is 0 Å². The Balaban J connectivity index is 2.23. The first-order valence-electron chi connectivity index (χ1n) is 4.76. The maximum absolute atomic E-state index is 5.95. The second-order valence-corrected chi connectivity index (χ2v) is 5.03. The van der Waals surface area contributed by atoms with Gasteiger partial charge in [-0.3, -0.25) is 0 Å². The molecule has 1 heterocycles. The van der Waals surface area contributed by atoms with Gasteiger partial charge in [0.2, 0.25) is 0 Å². The number of hydrogen-bond acceptors (Lipinski definition) is 2. The van der Waals surface area contributed by atoms with Crippen LogP contribution < -0.4 is 0 Å². The first-order chi connectivity index (χ1) is 8.15. The summed E-state index contributed by atoms with van der Waals surface area (Å²) in [6, 6.07) is 9.38. The van der Waals surface area contributed by atoms with Crippen molar-refractivity contribution in [2.24, 2.45) is 4.99 Å². The zero-order chi connectivity index (χ0) is 12.3. The molecule has 0 saturated carbocycles. The second-order valence-electron chi connectivity index (χ2n) is 3.27. The van der Waals surface area contributed by atoms with Gasteiger partial charge in [-0.2, -0.15) is 0 Å². The lowest BCUT2D eigenvalue weighted by Crippen LogP contribution is -1.81. The molecule has 0 atom stereocenters. The molecule has 0 saturated heterocycles. The third kappa shape index (κ3) is 3.53. The fourth-order valence-electron chi connectivity index (χ4n) is 1.19. The van der Waals surface area contributed by atoms with Crippen LogP contribution in [0.2, 0.25) is 10.0 Å². The molecule has 2 rings (SSSR count). The molecule has 0 bridgehead atoms. The Hall–Kier alpha value is -0.900. The number of pyridine rings is 1. The molecule has 2 nitrogen and oxygen atoms in total. The Morgan fingerprint density at radius 1 is 1.18 bits per heavy atom. The number of aromatic nitrogens is 1. The highest BCUT2D eigenvalue weighted by molar-refractivity contribution is 9.10. The molecule has 17 heavy (non-hydrogen) atoms. The van der Waals surface area contributed by atoms with Gasteiger partial charge in [-0.15, -0.1) is 0 Å². The molecule has 0 aliphatic rings. The van der Waals surface area contributed by atoms with Gasteiger partial charge in [-0.05, 0) is 23.8 Å². The molecule has 0 N–H and O–H groups in total. The molecule has 1 aromatic carbocycles. The van der Waals surface area contributed by atoms with Crippen molar-refractivity contribution in [3.63, 3.8) is 0 Å². The summed E-state index contributed by atoms with van der Waals surface area (Å²) in [6.45, 7) is 0. The van der Waals surface area contributed by atoms with E-state index in [1.54, 1.807) is 12.3 Å². The number of rotatable bonds is 2. The number of benzene rings is 1. The topological polar surface area (TPSA) is 25.2 Å². The average Bonchev–Trinajstić information content (AvgIpc) is 2.30. The lowest BCUT2D eigenvalue weighted by molar-refractivity contribution is 1.28. The predicted octanol–water partition coefficient (Wildman–Crippen LogP) is 4.90. The van der Waals surface area contributed by atoms with E-state index in [1.807, 2.05) is 24.3 Å². The van der Waals surface area contributed by atoms with Gasteiger partial charge in [0.05, 0.1) is 10.0 Å². The average molecular weight is 330 g/mol. The quantitative estimate of drug-likeness (QED) is 0.719. The monoisotopic (exact) mass is 328 g/mol. The number of hydrogen-bond donors (Lipinski definition) is 0. The molecule has 0 amide bonds. The molecule has 0 radical (unpaired) electrons. The predicted molar refractivity (Wildman–Crippen MR) is 75.7 cm³/mol. The zero-order valence-corrected chi connectivity index (χ0v) is 11.7. The van der Waals surface area contributed by atoms with Gasteiger partial charge >= 0.3 is 0 Å². The van der Waals surface area contributed by atoms with Crippen molar-refractivity contribution in [3.8, 4) is 0 Å². The molecule has 0 fully saturated rings. The van der Waals surface area contributed by atoms with Crippen LogP contribution in [0.5, 0.6) is 0 Å². The highest BCUT2D eigenvalue weighted by Crippen LogP contribution is 2.24. The molecule has 0 aliphatic heterocycles. The zero-order valence-electron chi connectivity index (χ0n) is 8.57. The fourth-order valence-corrected chi connectivity index (χ4v) is 1.88. The molecule has 2 aromatic rings. The minimum atomic E-state index is 0.436. The smallest absolute Gasteiger partial charge is 0.170 e. The molecular weight excluding hydrogens is 323 g/mol. The largest absolute Gasteiger partial charge is 0.235 e. The highest BCUT2D eigenvalue weighted by atomic mass is 79.9. The standard InChI is InChI=1S/C12H7BrCl2N2/c13-9-3-1-8(2-4-9)6-16-12-11(15)5-10(14)7-17-12/h1-7H. The third-order valence-electron chi connectivity index (χ3n) is 1.99. The van der Waals surface area contributed by atoms with Crippen LogP contribution in [0.4, 0.5) is 5.82 Å². The van der Waals surface area contributed by atoms with Gasteiger partial charge in [0.1, 0.15) is 0 Å². The van der Waals surface area contributed by atoms with Gasteiger partial charge in [-0.1, -0.05) is 51.3 Å². The van der Waals surface area contributed by atoms with Crippen LogP contribution in [0, 0.1) is 0 Å². The summed E-state index contributed by atoms with van der Waals surface area (Å²) in [5, 5.41) is 0.934. The number of halogens is 3. The van der Waals surface area contributed by atoms with Gasteiger partial charge in [0, 0.05) is 16.9 Å². The Labute approximate surface area is 117 Å². The Kier molecular flexibility index (Phi) is 4.15. The lowest BCUT2D eigenvalue weighted by Gasteiger charge is -1.97. The lowest BCUT2D eigenvalue weighted by atomic mass is 10.2. The van der Waals surface area contributed by atoms with Crippen molar-refractivity contribution in [2.45, 2.75) is 0 Å². The molecular formula is C12H7BrCl2N2. The first kappa shape index (κ1) is 12.6. The van der Waals surface area contributed by atoms with Crippen molar-refractivity contribution >= 4 is 51.2 Å². The van der Waals surface area contributed by atoms with Gasteiger partial charge in [0.15, 0.2) is 5.82 Å². The van der Waals surface area contributed by atoms with Crippen molar-refractivity contribution in [3.05, 3.63) is 56.6 Å². The van der Waals surface area contributed by atoms with E-state index in [0.717, 1.165) is 10.0 Å². The number of aliphatic imine (C=N–C) groups is 1. The molecule has 1 aromatic heterocycles. The second kappa shape index (κ2) is 5.63. The SMILES string of the molecule is Clc1cnc(N=Cc2ccc(Br)cc2)c(Cl)c1. The summed E-state index contributed by atoms with van der Waals surface area (Å²) in [5.74, 6) is 0.457. The van der Waals surface area contributed by atoms with Crippen LogP contribution in [-0.4, -0.2) is 11.2 Å². The van der Waals surface area contributed by atoms with E-state index in [4.69, 9.17) is 23.2 Å². The van der Waals surface area contributed by atoms with Crippen LogP contribution in [0.15, 0.2) is 46.0 Å². The van der Waals surface area contributed by atoms with E-state index in [-0.39, 0.29) is 0 Å². The first-order valence-corrected chi connectivity index (χ1v) is 6.31. The summed E-state index contributed by atoms with van der Waals surface area (Å²) < 4.78 is 1.03. The van der Waals surface area contributed by atoms with E-state index in [1.165, 1.54) is 6.20 Å². The summed E-state index contributed by atoms with van der Waals surface area (Å²) in [7, 11) is 0. The summed E-state index contributed by atoms with van der Waals surface area (Å²) in [4.78, 5) is 8.24. The van der Waals surface area contributed by atoms with E-state index >= 15 is 0 Å². The summed E-state index contributed by atoms with van der Waals surface area (Å²) in [6.07, 6.45) is 3.22. The molecule has 5 heteroatoms. The van der Waals surface area contributed by atoms with Crippen LogP contribution in [0.3, 0.4) is 0 Å². The van der Waals surface area contributed by atoms with Crippen molar-refractivity contribution in [2.75, 3.05) is 0 Å². The van der Waals surface area contributed by atoms with Crippen LogP contribution in [-0.2, 0) is 0 Å². The summed E-state index contributed by atoms with van der Waals surface area (Å²) >= 11 is 15.1. The van der Waals surface area contributed by atoms with Gasteiger partial charge in [-0.25, -0.2) is 9.98 Å². The van der Waals surface area contributed by atoms with Crippen molar-refractivity contribution < 1.29 is 0 Å². The van der Waals surface area contributed by atoms with E-state index in [0.29, 0.717) is 15.9 Å². The van der Waals surface area contributed by atoms with Crippen molar-refractivity contribution in [1.82, 2.24) is 4.98 Å². The summed E-state index contributed by atoms with van der Waals surface area (Å²) in [5.41, 5.74) is 0.973. The molecule has 86 valence electrons. The van der Waals surface area contributed by atoms with Crippen LogP contribution >= 0.6 is 39.1 Å². The van der Waals surface area contributed by atoms with E-state index < -0.39 is 0 Å². The highest BCUT2D eigenvalue weighted by Gasteiger charge is 2.00. The Bertz CT molecular complexity index is 553. The normalized spacial score (nSPS) is 11.0.